The molecule has 0 bridgehead atoms. The van der Waals surface area contributed by atoms with Crippen molar-refractivity contribution in [1.29, 1.82) is 0 Å². The van der Waals surface area contributed by atoms with Crippen molar-refractivity contribution >= 4 is 23.4 Å². The highest BCUT2D eigenvalue weighted by molar-refractivity contribution is 7.99. The lowest BCUT2D eigenvalue weighted by Crippen LogP contribution is -2.52. The van der Waals surface area contributed by atoms with Gasteiger partial charge in [0.15, 0.2) is 5.96 Å². The van der Waals surface area contributed by atoms with Crippen LogP contribution < -0.4 is 15.5 Å². The summed E-state index contributed by atoms with van der Waals surface area (Å²) in [5, 5.41) is 11.4. The number of aliphatic imine (C=N–C) groups is 1. The summed E-state index contributed by atoms with van der Waals surface area (Å²) in [6.45, 7) is 6.55. The Morgan fingerprint density at radius 3 is 2.92 bits per heavy atom. The Morgan fingerprint density at radius 1 is 1.36 bits per heavy atom. The monoisotopic (exact) mass is 365 g/mol. The fourth-order valence-electron chi connectivity index (χ4n) is 3.45. The van der Waals surface area contributed by atoms with Gasteiger partial charge in [-0.2, -0.15) is 16.9 Å². The van der Waals surface area contributed by atoms with Crippen molar-refractivity contribution in [1.82, 2.24) is 25.3 Å². The molecule has 0 amide bonds. The molecule has 2 aliphatic rings. The maximum absolute atomic E-state index is 4.40. The Hall–Kier alpha value is -1.41. The molecular formula is C17H31N7S. The van der Waals surface area contributed by atoms with E-state index in [1.165, 1.54) is 43.1 Å². The van der Waals surface area contributed by atoms with Crippen molar-refractivity contribution in [3.63, 3.8) is 0 Å². The second-order valence-electron chi connectivity index (χ2n) is 6.75. The molecule has 8 heteroatoms. The Labute approximate surface area is 155 Å². The number of rotatable bonds is 5. The van der Waals surface area contributed by atoms with Crippen molar-refractivity contribution in [2.75, 3.05) is 62.7 Å². The lowest BCUT2D eigenvalue weighted by molar-refractivity contribution is 0.306. The van der Waals surface area contributed by atoms with E-state index in [4.69, 9.17) is 0 Å². The van der Waals surface area contributed by atoms with Gasteiger partial charge < -0.3 is 15.5 Å². The van der Waals surface area contributed by atoms with Crippen molar-refractivity contribution in [2.45, 2.75) is 18.9 Å². The lowest BCUT2D eigenvalue weighted by Gasteiger charge is -2.34. The number of aromatic nitrogens is 2. The molecule has 0 aliphatic carbocycles. The van der Waals surface area contributed by atoms with Crippen molar-refractivity contribution in [2.24, 2.45) is 12.0 Å². The first-order valence-electron chi connectivity index (χ1n) is 9.25. The van der Waals surface area contributed by atoms with Crippen LogP contribution in [0.5, 0.6) is 0 Å². The second kappa shape index (κ2) is 9.33. The molecule has 140 valence electrons. The zero-order valence-corrected chi connectivity index (χ0v) is 16.3. The minimum absolute atomic E-state index is 0.423. The minimum Gasteiger partial charge on any atom is -0.367 e. The summed E-state index contributed by atoms with van der Waals surface area (Å²) in [7, 11) is 3.82. The fraction of sp³-hybridized carbons (Fsp3) is 0.765. The number of aryl methyl sites for hydroxylation is 1. The molecule has 0 saturated carbocycles. The Kier molecular flexibility index (Phi) is 6.86. The summed E-state index contributed by atoms with van der Waals surface area (Å²) in [5.41, 5.74) is 1.21. The molecule has 0 radical (unpaired) electrons. The molecule has 0 spiro atoms. The molecule has 1 unspecified atom stereocenters. The number of piperidine rings is 1. The molecule has 1 atom stereocenters. The molecule has 2 aliphatic heterocycles. The van der Waals surface area contributed by atoms with Crippen LogP contribution in [0.15, 0.2) is 17.4 Å². The third-order valence-corrected chi connectivity index (χ3v) is 5.81. The number of nitrogens with zero attached hydrogens (tertiary/aromatic N) is 5. The van der Waals surface area contributed by atoms with Crippen LogP contribution in [0.2, 0.25) is 0 Å². The first kappa shape index (κ1) is 18.4. The van der Waals surface area contributed by atoms with E-state index >= 15 is 0 Å². The van der Waals surface area contributed by atoms with Crippen LogP contribution in [-0.2, 0) is 7.05 Å². The van der Waals surface area contributed by atoms with Crippen molar-refractivity contribution < 1.29 is 0 Å². The first-order valence-corrected chi connectivity index (χ1v) is 10.4. The highest BCUT2D eigenvalue weighted by Gasteiger charge is 2.21. The molecule has 2 N–H and O–H groups in total. The number of nitrogens with one attached hydrogen (secondary N) is 2. The van der Waals surface area contributed by atoms with Gasteiger partial charge in [-0.1, -0.05) is 0 Å². The van der Waals surface area contributed by atoms with Gasteiger partial charge in [-0.25, -0.2) is 0 Å². The standard InChI is InChI=1S/C17H31N7S/c1-18-17(19-5-7-23-8-10-25-11-9-23)21-15-4-3-6-24(13-15)16-12-20-22(2)14-16/h12,14-15H,3-11,13H2,1-2H3,(H2,18,19,21). The number of hydrogen-bond donors (Lipinski definition) is 2. The SMILES string of the molecule is CN=C(NCCN1CCSCC1)NC1CCCN(c2cnn(C)c2)C1. The molecule has 3 heterocycles. The first-order chi connectivity index (χ1) is 12.2. The van der Waals surface area contributed by atoms with E-state index in [0.29, 0.717) is 6.04 Å². The third kappa shape index (κ3) is 5.54. The predicted octanol–water partition coefficient (Wildman–Crippen LogP) is 0.603. The summed E-state index contributed by atoms with van der Waals surface area (Å²) in [6.07, 6.45) is 6.41. The van der Waals surface area contributed by atoms with Gasteiger partial charge in [-0.3, -0.25) is 14.6 Å². The van der Waals surface area contributed by atoms with Gasteiger partial charge in [0.25, 0.3) is 0 Å². The van der Waals surface area contributed by atoms with Crippen LogP contribution in [0, 0.1) is 0 Å². The molecule has 0 aromatic carbocycles. The van der Waals surface area contributed by atoms with E-state index in [1.807, 2.05) is 25.0 Å². The fourth-order valence-corrected chi connectivity index (χ4v) is 4.42. The van der Waals surface area contributed by atoms with Crippen LogP contribution in [-0.4, -0.2) is 84.5 Å². The van der Waals surface area contributed by atoms with Gasteiger partial charge in [0, 0.05) is 77.1 Å². The van der Waals surface area contributed by atoms with Crippen LogP contribution in [0.3, 0.4) is 0 Å². The van der Waals surface area contributed by atoms with Gasteiger partial charge in [-0.05, 0) is 12.8 Å². The van der Waals surface area contributed by atoms with E-state index < -0.39 is 0 Å². The van der Waals surface area contributed by atoms with E-state index in [2.05, 4.69) is 48.5 Å². The second-order valence-corrected chi connectivity index (χ2v) is 7.98. The largest absolute Gasteiger partial charge is 0.367 e. The van der Waals surface area contributed by atoms with E-state index in [9.17, 15) is 0 Å². The van der Waals surface area contributed by atoms with Gasteiger partial charge in [0.2, 0.25) is 0 Å². The average molecular weight is 366 g/mol. The molecular weight excluding hydrogens is 334 g/mol. The normalized spacial score (nSPS) is 22.9. The highest BCUT2D eigenvalue weighted by Crippen LogP contribution is 2.18. The van der Waals surface area contributed by atoms with Crippen LogP contribution in [0.4, 0.5) is 5.69 Å². The van der Waals surface area contributed by atoms with E-state index in [0.717, 1.165) is 32.1 Å². The summed E-state index contributed by atoms with van der Waals surface area (Å²) < 4.78 is 1.87. The van der Waals surface area contributed by atoms with Crippen molar-refractivity contribution in [3.05, 3.63) is 12.4 Å². The zero-order valence-electron chi connectivity index (χ0n) is 15.4. The van der Waals surface area contributed by atoms with Gasteiger partial charge in [0.1, 0.15) is 0 Å². The predicted molar refractivity (Wildman–Crippen MR) is 107 cm³/mol. The number of hydrogen-bond acceptors (Lipinski definition) is 5. The maximum Gasteiger partial charge on any atom is 0.191 e. The topological polar surface area (TPSA) is 60.7 Å². The zero-order chi connectivity index (χ0) is 17.5. The molecule has 25 heavy (non-hydrogen) atoms. The van der Waals surface area contributed by atoms with Crippen LogP contribution >= 0.6 is 11.8 Å². The average Bonchev–Trinajstić information content (AvgIpc) is 3.08. The number of thioether (sulfide) groups is 1. The third-order valence-electron chi connectivity index (χ3n) is 4.87. The quantitative estimate of drug-likeness (QED) is 0.589. The maximum atomic E-state index is 4.40. The van der Waals surface area contributed by atoms with Gasteiger partial charge in [0.05, 0.1) is 11.9 Å². The van der Waals surface area contributed by atoms with Crippen LogP contribution in [0.25, 0.3) is 0 Å². The van der Waals surface area contributed by atoms with Gasteiger partial charge >= 0.3 is 0 Å². The van der Waals surface area contributed by atoms with E-state index in [1.54, 1.807) is 0 Å². The summed E-state index contributed by atoms with van der Waals surface area (Å²) >= 11 is 2.06. The summed E-state index contributed by atoms with van der Waals surface area (Å²) in [4.78, 5) is 9.34. The molecule has 1 aromatic rings. The number of anilines is 1. The molecule has 2 saturated heterocycles. The molecule has 1 aromatic heterocycles. The lowest BCUT2D eigenvalue weighted by atomic mass is 10.1. The number of guanidine groups is 1. The van der Waals surface area contributed by atoms with Gasteiger partial charge in [-0.15, -0.1) is 0 Å². The van der Waals surface area contributed by atoms with Crippen LogP contribution in [0.1, 0.15) is 12.8 Å². The highest BCUT2D eigenvalue weighted by atomic mass is 32.2. The molecule has 3 rings (SSSR count). The summed E-state index contributed by atoms with van der Waals surface area (Å²) in [5.74, 6) is 3.45. The Balaban J connectivity index is 1.43. The van der Waals surface area contributed by atoms with Crippen molar-refractivity contribution in [3.8, 4) is 0 Å². The molecule has 2 fully saturated rings. The summed E-state index contributed by atoms with van der Waals surface area (Å²) in [6, 6.07) is 0.423. The minimum atomic E-state index is 0.423. The Morgan fingerprint density at radius 2 is 2.20 bits per heavy atom. The molecule has 7 nitrogen and oxygen atoms in total. The van der Waals surface area contributed by atoms with E-state index in [-0.39, 0.29) is 0 Å². The Bertz CT molecular complexity index is 553. The smallest absolute Gasteiger partial charge is 0.191 e.